The lowest BCUT2D eigenvalue weighted by Crippen LogP contribution is -2.37. The largest absolute Gasteiger partial charge is 0.396 e. The van der Waals surface area contributed by atoms with Crippen LogP contribution in [-0.4, -0.2) is 17.9 Å². The van der Waals surface area contributed by atoms with Gasteiger partial charge in [0, 0.05) is 29.7 Å². The number of aliphatic hydroxyl groups excluding tert-OH is 1. The maximum atomic E-state index is 9.25. The van der Waals surface area contributed by atoms with Gasteiger partial charge in [-0.1, -0.05) is 30.3 Å². The van der Waals surface area contributed by atoms with Crippen molar-refractivity contribution in [1.29, 1.82) is 0 Å². The number of nitrogens with zero attached hydrogens (tertiary/aromatic N) is 1. The highest BCUT2D eigenvalue weighted by molar-refractivity contribution is 7.09. The first-order valence-electron chi connectivity index (χ1n) is 6.99. The minimum Gasteiger partial charge on any atom is -0.396 e. The summed E-state index contributed by atoms with van der Waals surface area (Å²) in [6.45, 7) is 0.112. The second-order valence-corrected chi connectivity index (χ2v) is 6.16. The van der Waals surface area contributed by atoms with Gasteiger partial charge in [0.05, 0.1) is 0 Å². The summed E-state index contributed by atoms with van der Waals surface area (Å²) in [5, 5.41) is 11.3. The van der Waals surface area contributed by atoms with Gasteiger partial charge in [-0.15, -0.1) is 11.3 Å². The maximum Gasteiger partial charge on any atom is 0.156 e. The molecule has 2 heterocycles. The van der Waals surface area contributed by atoms with Crippen molar-refractivity contribution in [3.8, 4) is 0 Å². The highest BCUT2D eigenvalue weighted by atomic mass is 32.1. The Morgan fingerprint density at radius 3 is 2.81 bits per heavy atom. The van der Waals surface area contributed by atoms with E-state index < -0.39 is 5.66 Å². The molecule has 3 rings (SSSR count). The van der Waals surface area contributed by atoms with Crippen molar-refractivity contribution in [3.05, 3.63) is 69.4 Å². The summed E-state index contributed by atoms with van der Waals surface area (Å²) in [5.74, 6) is 0. The van der Waals surface area contributed by atoms with Gasteiger partial charge in [0.25, 0.3) is 0 Å². The Bertz CT molecular complexity index is 676. The Hall–Kier alpha value is -1.75. The zero-order chi connectivity index (χ0) is 14.7. The maximum absolute atomic E-state index is 9.25. The third-order valence-electron chi connectivity index (χ3n) is 3.80. The Kier molecular flexibility index (Phi) is 4.01. The third kappa shape index (κ3) is 2.70. The molecular formula is C17H18N2OS. The van der Waals surface area contributed by atoms with Gasteiger partial charge in [0.1, 0.15) is 0 Å². The zero-order valence-electron chi connectivity index (χ0n) is 11.7. The average molecular weight is 298 g/mol. The number of nitrogens with two attached hydrogens (primary N) is 1. The van der Waals surface area contributed by atoms with Crippen LogP contribution in [-0.2, 0) is 18.5 Å². The van der Waals surface area contributed by atoms with Crippen molar-refractivity contribution < 1.29 is 5.11 Å². The van der Waals surface area contributed by atoms with Gasteiger partial charge in [-0.2, -0.15) is 0 Å². The fourth-order valence-electron chi connectivity index (χ4n) is 2.72. The van der Waals surface area contributed by atoms with Crippen LogP contribution in [0.3, 0.4) is 0 Å². The fourth-order valence-corrected chi connectivity index (χ4v) is 3.45. The Morgan fingerprint density at radius 1 is 1.19 bits per heavy atom. The van der Waals surface area contributed by atoms with Crippen LogP contribution in [0.25, 0.3) is 0 Å². The second-order valence-electron chi connectivity index (χ2n) is 5.12. The Labute approximate surface area is 128 Å². The molecule has 0 saturated carbocycles. The Morgan fingerprint density at radius 2 is 2.05 bits per heavy atom. The Balaban J connectivity index is 1.96. The van der Waals surface area contributed by atoms with E-state index in [9.17, 15) is 5.11 Å². The highest BCUT2D eigenvalue weighted by Crippen LogP contribution is 2.36. The van der Waals surface area contributed by atoms with Gasteiger partial charge >= 0.3 is 0 Å². The van der Waals surface area contributed by atoms with Crippen LogP contribution in [0, 0.1) is 0 Å². The first-order chi connectivity index (χ1) is 10.2. The normalized spacial score (nSPS) is 20.8. The van der Waals surface area contributed by atoms with Gasteiger partial charge in [-0.25, -0.2) is 0 Å². The van der Waals surface area contributed by atoms with E-state index in [-0.39, 0.29) is 6.61 Å². The van der Waals surface area contributed by atoms with Crippen LogP contribution >= 0.6 is 11.3 Å². The van der Waals surface area contributed by atoms with E-state index in [1.54, 1.807) is 17.6 Å². The standard InChI is InChI=1S/C17H18N2OS/c18-17(16-6-2-1-4-13(16)8-10-20)14(7-9-19-17)12-15-5-3-11-21-15/h1-7,9,11,20H,8,10,12,18H2. The molecule has 108 valence electrons. The predicted molar refractivity (Wildman–Crippen MR) is 87.7 cm³/mol. The fraction of sp³-hybridized carbons (Fsp3) is 0.235. The average Bonchev–Trinajstić information content (AvgIpc) is 3.12. The molecule has 3 N–H and O–H groups in total. The van der Waals surface area contributed by atoms with Crippen LogP contribution in [0.2, 0.25) is 0 Å². The minimum atomic E-state index is -0.810. The lowest BCUT2D eigenvalue weighted by molar-refractivity contribution is 0.298. The molecule has 1 aromatic heterocycles. The lowest BCUT2D eigenvalue weighted by Gasteiger charge is -2.28. The molecule has 21 heavy (non-hydrogen) atoms. The summed E-state index contributed by atoms with van der Waals surface area (Å²) in [4.78, 5) is 5.80. The number of hydrogen-bond donors (Lipinski definition) is 2. The van der Waals surface area contributed by atoms with E-state index in [0.717, 1.165) is 23.1 Å². The van der Waals surface area contributed by atoms with Crippen molar-refractivity contribution >= 4 is 17.6 Å². The van der Waals surface area contributed by atoms with E-state index in [0.29, 0.717) is 6.42 Å². The second kappa shape index (κ2) is 5.93. The van der Waals surface area contributed by atoms with Crippen molar-refractivity contribution in [2.75, 3.05) is 6.61 Å². The van der Waals surface area contributed by atoms with Crippen molar-refractivity contribution in [3.63, 3.8) is 0 Å². The molecule has 3 nitrogen and oxygen atoms in total. The van der Waals surface area contributed by atoms with E-state index in [1.807, 2.05) is 36.4 Å². The number of aliphatic hydroxyl groups is 1. The quantitative estimate of drug-likeness (QED) is 0.891. The van der Waals surface area contributed by atoms with Crippen LogP contribution in [0.4, 0.5) is 0 Å². The summed E-state index contributed by atoms with van der Waals surface area (Å²) < 4.78 is 0. The summed E-state index contributed by atoms with van der Waals surface area (Å²) in [7, 11) is 0. The van der Waals surface area contributed by atoms with E-state index in [2.05, 4.69) is 16.4 Å². The van der Waals surface area contributed by atoms with Gasteiger partial charge < -0.3 is 5.11 Å². The van der Waals surface area contributed by atoms with Gasteiger partial charge in [-0.05, 0) is 35.1 Å². The molecule has 1 unspecified atom stereocenters. The molecule has 1 aliphatic rings. The molecule has 0 fully saturated rings. The molecule has 2 aromatic rings. The number of rotatable bonds is 5. The molecule has 1 aromatic carbocycles. The number of aliphatic imine (C=N–C) groups is 1. The molecule has 0 spiro atoms. The first-order valence-corrected chi connectivity index (χ1v) is 7.87. The minimum absolute atomic E-state index is 0.112. The highest BCUT2D eigenvalue weighted by Gasteiger charge is 2.34. The van der Waals surface area contributed by atoms with Crippen LogP contribution < -0.4 is 5.73 Å². The van der Waals surface area contributed by atoms with E-state index >= 15 is 0 Å². The zero-order valence-corrected chi connectivity index (χ0v) is 12.5. The number of benzene rings is 1. The summed E-state index contributed by atoms with van der Waals surface area (Å²) in [5.41, 5.74) is 8.95. The van der Waals surface area contributed by atoms with E-state index in [1.165, 1.54) is 4.88 Å². The topological polar surface area (TPSA) is 58.6 Å². The predicted octanol–water partition coefficient (Wildman–Crippen LogP) is 2.65. The summed E-state index contributed by atoms with van der Waals surface area (Å²) >= 11 is 1.73. The molecule has 0 radical (unpaired) electrons. The van der Waals surface area contributed by atoms with Crippen LogP contribution in [0.15, 0.2) is 58.4 Å². The van der Waals surface area contributed by atoms with Crippen molar-refractivity contribution in [2.24, 2.45) is 10.7 Å². The molecule has 0 aliphatic carbocycles. The summed E-state index contributed by atoms with van der Waals surface area (Å²) in [6, 6.07) is 12.1. The molecular weight excluding hydrogens is 280 g/mol. The number of thiophene rings is 1. The molecule has 4 heteroatoms. The van der Waals surface area contributed by atoms with Gasteiger partial charge in [-0.3, -0.25) is 10.7 Å². The number of allylic oxidation sites excluding steroid dienone is 1. The SMILES string of the molecule is NC1(c2ccccc2CCO)N=CC=C1Cc1cccs1. The van der Waals surface area contributed by atoms with Crippen LogP contribution in [0.1, 0.15) is 16.0 Å². The lowest BCUT2D eigenvalue weighted by atomic mass is 9.87. The first kappa shape index (κ1) is 14.2. The molecule has 0 amide bonds. The smallest absolute Gasteiger partial charge is 0.156 e. The van der Waals surface area contributed by atoms with Crippen molar-refractivity contribution in [1.82, 2.24) is 0 Å². The molecule has 1 atom stereocenters. The van der Waals surface area contributed by atoms with Gasteiger partial charge in [0.2, 0.25) is 0 Å². The molecule has 0 bridgehead atoms. The summed E-state index contributed by atoms with van der Waals surface area (Å²) in [6.07, 6.45) is 5.20. The molecule has 1 aliphatic heterocycles. The monoisotopic (exact) mass is 298 g/mol. The van der Waals surface area contributed by atoms with Gasteiger partial charge in [0.15, 0.2) is 5.66 Å². The van der Waals surface area contributed by atoms with E-state index in [4.69, 9.17) is 5.73 Å². The van der Waals surface area contributed by atoms with Crippen LogP contribution in [0.5, 0.6) is 0 Å². The molecule has 0 saturated heterocycles. The third-order valence-corrected chi connectivity index (χ3v) is 4.67. The number of hydrogen-bond acceptors (Lipinski definition) is 4. The van der Waals surface area contributed by atoms with Crippen molar-refractivity contribution in [2.45, 2.75) is 18.5 Å².